The van der Waals surface area contributed by atoms with Crippen LogP contribution in [0.4, 0.5) is 0 Å². The van der Waals surface area contributed by atoms with Crippen LogP contribution in [-0.4, -0.2) is 16.2 Å². The van der Waals surface area contributed by atoms with Gasteiger partial charge in [0.05, 0.1) is 16.7 Å². The summed E-state index contributed by atoms with van der Waals surface area (Å²) in [6, 6.07) is 59.8. The predicted octanol–water partition coefficient (Wildman–Crippen LogP) is 10.1. The number of aromatic nitrogens is 1. The molecule has 1 N–H and O–H groups in total. The van der Waals surface area contributed by atoms with Crippen molar-refractivity contribution < 1.29 is 0 Å². The first-order valence-electron chi connectivity index (χ1n) is 16.0. The fourth-order valence-electron chi connectivity index (χ4n) is 6.77. The van der Waals surface area contributed by atoms with Crippen molar-refractivity contribution in [2.75, 3.05) is 0 Å². The van der Waals surface area contributed by atoms with Crippen LogP contribution in [0.5, 0.6) is 0 Å². The van der Waals surface area contributed by atoms with Gasteiger partial charge in [0.25, 0.3) is 0 Å². The zero-order chi connectivity index (χ0) is 31.2. The number of amidine groups is 2. The lowest BCUT2D eigenvalue weighted by atomic mass is 10.0. The maximum atomic E-state index is 5.23. The number of hydrogen-bond acceptors (Lipinski definition) is 3. The molecule has 7 aromatic carbocycles. The lowest BCUT2D eigenvalue weighted by molar-refractivity contribution is 0.674. The number of hydrogen-bond donors (Lipinski definition) is 1. The van der Waals surface area contributed by atoms with E-state index < -0.39 is 0 Å². The summed E-state index contributed by atoms with van der Waals surface area (Å²) >= 11 is 0. The van der Waals surface area contributed by atoms with E-state index in [0.717, 1.165) is 33.6 Å². The molecule has 1 unspecified atom stereocenters. The molecule has 1 aliphatic heterocycles. The molecular formula is C43H30N4. The second kappa shape index (κ2) is 11.3. The minimum Gasteiger partial charge on any atom is -0.344 e. The van der Waals surface area contributed by atoms with Gasteiger partial charge in [-0.1, -0.05) is 146 Å². The molecule has 0 aliphatic carbocycles. The highest BCUT2D eigenvalue weighted by atomic mass is 15.2. The second-order valence-electron chi connectivity index (χ2n) is 11.9. The molecular weight excluding hydrogens is 573 g/mol. The summed E-state index contributed by atoms with van der Waals surface area (Å²) < 4.78 is 2.40. The van der Waals surface area contributed by atoms with Crippen molar-refractivity contribution in [3.05, 3.63) is 187 Å². The maximum absolute atomic E-state index is 5.23. The molecule has 0 spiro atoms. The molecule has 222 valence electrons. The van der Waals surface area contributed by atoms with E-state index in [1.54, 1.807) is 0 Å². The van der Waals surface area contributed by atoms with Gasteiger partial charge in [0.2, 0.25) is 0 Å². The molecule has 0 amide bonds. The lowest BCUT2D eigenvalue weighted by Crippen LogP contribution is -2.33. The molecule has 1 atom stereocenters. The molecule has 4 nitrogen and oxygen atoms in total. The minimum absolute atomic E-state index is 0.344. The van der Waals surface area contributed by atoms with Crippen LogP contribution >= 0.6 is 0 Å². The number of para-hydroxylation sites is 2. The predicted molar refractivity (Wildman–Crippen MR) is 196 cm³/mol. The zero-order valence-electron chi connectivity index (χ0n) is 25.6. The van der Waals surface area contributed by atoms with Crippen molar-refractivity contribution in [1.29, 1.82) is 0 Å². The molecule has 0 bridgehead atoms. The van der Waals surface area contributed by atoms with Crippen molar-refractivity contribution in [1.82, 2.24) is 9.88 Å². The van der Waals surface area contributed by atoms with E-state index >= 15 is 0 Å². The number of fused-ring (bicyclic) bond motifs is 4. The van der Waals surface area contributed by atoms with Gasteiger partial charge in [0.15, 0.2) is 5.84 Å². The summed E-state index contributed by atoms with van der Waals surface area (Å²) in [6.07, 6.45) is -0.344. The number of benzene rings is 7. The van der Waals surface area contributed by atoms with Crippen LogP contribution in [0.15, 0.2) is 180 Å². The van der Waals surface area contributed by atoms with Crippen LogP contribution in [0, 0.1) is 0 Å². The van der Waals surface area contributed by atoms with E-state index in [1.165, 1.54) is 38.3 Å². The van der Waals surface area contributed by atoms with Crippen molar-refractivity contribution >= 4 is 44.2 Å². The van der Waals surface area contributed by atoms with E-state index in [-0.39, 0.29) is 6.17 Å². The highest BCUT2D eigenvalue weighted by Gasteiger charge is 2.23. The first-order chi connectivity index (χ1) is 23.3. The molecule has 1 aliphatic rings. The van der Waals surface area contributed by atoms with Crippen LogP contribution in [0.25, 0.3) is 49.4 Å². The number of nitrogens with one attached hydrogen (secondary N) is 1. The smallest absolute Gasteiger partial charge is 0.159 e. The molecule has 0 saturated carbocycles. The van der Waals surface area contributed by atoms with Gasteiger partial charge >= 0.3 is 0 Å². The van der Waals surface area contributed by atoms with Crippen LogP contribution in [-0.2, 0) is 0 Å². The summed E-state index contributed by atoms with van der Waals surface area (Å²) in [5.74, 6) is 1.51. The third-order valence-electron chi connectivity index (χ3n) is 9.04. The normalized spacial score (nSPS) is 14.6. The Morgan fingerprint density at radius 3 is 1.68 bits per heavy atom. The monoisotopic (exact) mass is 602 g/mol. The van der Waals surface area contributed by atoms with Crippen LogP contribution in [0.2, 0.25) is 0 Å². The fourth-order valence-corrected chi connectivity index (χ4v) is 6.77. The highest BCUT2D eigenvalue weighted by Crippen LogP contribution is 2.37. The van der Waals surface area contributed by atoms with Crippen LogP contribution < -0.4 is 5.32 Å². The van der Waals surface area contributed by atoms with E-state index in [1.807, 2.05) is 24.3 Å². The minimum atomic E-state index is -0.344. The van der Waals surface area contributed by atoms with Crippen molar-refractivity contribution in [2.45, 2.75) is 6.17 Å². The number of aliphatic imine (C=N–C) groups is 2. The van der Waals surface area contributed by atoms with Gasteiger partial charge in [0, 0.05) is 27.3 Å². The number of nitrogens with zero attached hydrogens (tertiary/aromatic N) is 3. The summed E-state index contributed by atoms with van der Waals surface area (Å²) in [4.78, 5) is 10.3. The zero-order valence-corrected chi connectivity index (χ0v) is 25.6. The summed E-state index contributed by atoms with van der Waals surface area (Å²) in [5, 5.41) is 8.55. The maximum Gasteiger partial charge on any atom is 0.159 e. The SMILES string of the molecule is c1ccc(C2=NC(c3cc(-n4c5ccccc5c5ccccc54)c4ccccc4c3)NC(c3ccc(-c4ccccc4)cc3)=N2)cc1. The second-order valence-corrected chi connectivity index (χ2v) is 11.9. The molecule has 2 heterocycles. The van der Waals surface area contributed by atoms with Crippen LogP contribution in [0.1, 0.15) is 22.9 Å². The van der Waals surface area contributed by atoms with Crippen LogP contribution in [0.3, 0.4) is 0 Å². The molecule has 9 rings (SSSR count). The summed E-state index contributed by atoms with van der Waals surface area (Å²) in [5.41, 5.74) is 8.93. The third-order valence-corrected chi connectivity index (χ3v) is 9.04. The average molecular weight is 603 g/mol. The molecule has 0 radical (unpaired) electrons. The Hall–Kier alpha value is -6.26. The first-order valence-corrected chi connectivity index (χ1v) is 16.0. The molecule has 47 heavy (non-hydrogen) atoms. The molecule has 0 saturated heterocycles. The van der Waals surface area contributed by atoms with Gasteiger partial charge in [-0.25, -0.2) is 9.98 Å². The highest BCUT2D eigenvalue weighted by molar-refractivity contribution is 6.13. The molecule has 8 aromatic rings. The Labute approximate surface area is 273 Å². The van der Waals surface area contributed by atoms with Crippen molar-refractivity contribution in [3.63, 3.8) is 0 Å². The van der Waals surface area contributed by atoms with Gasteiger partial charge in [-0.3, -0.25) is 0 Å². The van der Waals surface area contributed by atoms with Gasteiger partial charge in [-0.2, -0.15) is 0 Å². The molecule has 1 aromatic heterocycles. The van der Waals surface area contributed by atoms with Gasteiger partial charge in [-0.05, 0) is 46.3 Å². The van der Waals surface area contributed by atoms with Gasteiger partial charge in [-0.15, -0.1) is 0 Å². The third kappa shape index (κ3) is 4.79. The topological polar surface area (TPSA) is 41.7 Å². The quantitative estimate of drug-likeness (QED) is 0.209. The molecule has 4 heteroatoms. The Balaban J connectivity index is 1.21. The van der Waals surface area contributed by atoms with Crippen molar-refractivity contribution in [3.8, 4) is 16.8 Å². The van der Waals surface area contributed by atoms with Gasteiger partial charge in [0.1, 0.15) is 12.0 Å². The average Bonchev–Trinajstić information content (AvgIpc) is 3.49. The fraction of sp³-hybridized carbons (Fsp3) is 0.0233. The van der Waals surface area contributed by atoms with E-state index in [4.69, 9.17) is 9.98 Å². The standard InChI is InChI=1S/C43H30N4/c1-3-13-29(14-4-1)30-23-25-32(26-24-30)42-44-41(31-15-5-2-6-16-31)45-43(46-42)34-27-33-17-7-8-18-35(33)40(28-34)47-38-21-11-9-19-36(38)37-20-10-12-22-39(37)47/h1-28,43H,(H,44,45,46). The first kappa shape index (κ1) is 27.1. The van der Waals surface area contributed by atoms with E-state index in [0.29, 0.717) is 5.84 Å². The largest absolute Gasteiger partial charge is 0.344 e. The lowest BCUT2D eigenvalue weighted by Gasteiger charge is -2.25. The molecule has 0 fully saturated rings. The Morgan fingerprint density at radius 2 is 1.00 bits per heavy atom. The van der Waals surface area contributed by atoms with E-state index in [2.05, 4.69) is 155 Å². The van der Waals surface area contributed by atoms with E-state index in [9.17, 15) is 0 Å². The Bertz CT molecular complexity index is 2420. The summed E-state index contributed by atoms with van der Waals surface area (Å²) in [7, 11) is 0. The van der Waals surface area contributed by atoms with Crippen molar-refractivity contribution in [2.24, 2.45) is 9.98 Å². The summed E-state index contributed by atoms with van der Waals surface area (Å²) in [6.45, 7) is 0. The Kier molecular flexibility index (Phi) is 6.50. The Morgan fingerprint density at radius 1 is 0.468 bits per heavy atom. The van der Waals surface area contributed by atoms with Gasteiger partial charge < -0.3 is 9.88 Å². The number of rotatable bonds is 5.